The Morgan fingerprint density at radius 3 is 2.59 bits per heavy atom. The number of methoxy groups -OCH3 is 1. The van der Waals surface area contributed by atoms with E-state index in [4.69, 9.17) is 4.74 Å². The van der Waals surface area contributed by atoms with Crippen LogP contribution < -0.4 is 20.4 Å². The summed E-state index contributed by atoms with van der Waals surface area (Å²) in [6, 6.07) is 13.3. The molecule has 0 radical (unpaired) electrons. The highest BCUT2D eigenvalue weighted by Gasteiger charge is 2.16. The second-order valence-electron chi connectivity index (χ2n) is 7.92. The lowest BCUT2D eigenvalue weighted by Gasteiger charge is -2.26. The average Bonchev–Trinajstić information content (AvgIpc) is 2.87. The van der Waals surface area contributed by atoms with Crippen LogP contribution in [0.4, 0.5) is 23.5 Å². The smallest absolute Gasteiger partial charge is 0.250 e. The first kappa shape index (κ1) is 23.0. The molecular formula is C25H29N7O2. The van der Waals surface area contributed by atoms with E-state index in [1.165, 1.54) is 13.5 Å². The van der Waals surface area contributed by atoms with Crippen LogP contribution in [0.3, 0.4) is 0 Å². The summed E-state index contributed by atoms with van der Waals surface area (Å²) in [5.41, 5.74) is 5.27. The molecule has 3 N–H and O–H groups in total. The predicted octanol–water partition coefficient (Wildman–Crippen LogP) is 4.49. The first-order valence-electron chi connectivity index (χ1n) is 11.3. The maximum atomic E-state index is 10.3. The number of allylic oxidation sites excluding steroid dienone is 1. The minimum Gasteiger partial charge on any atom is -0.504 e. The Labute approximate surface area is 199 Å². The van der Waals surface area contributed by atoms with Gasteiger partial charge in [0.1, 0.15) is 0 Å². The third kappa shape index (κ3) is 5.80. The average molecular weight is 460 g/mol. The molecule has 34 heavy (non-hydrogen) atoms. The number of nitrogens with zero attached hydrogens (tertiary/aromatic N) is 5. The summed E-state index contributed by atoms with van der Waals surface area (Å²) < 4.78 is 5.28. The molecular weight excluding hydrogens is 430 g/mol. The van der Waals surface area contributed by atoms with Gasteiger partial charge in [0.2, 0.25) is 17.8 Å². The summed E-state index contributed by atoms with van der Waals surface area (Å²) in [6.45, 7) is 5.57. The molecule has 1 aliphatic rings. The molecule has 0 bridgehead atoms. The summed E-state index contributed by atoms with van der Waals surface area (Å²) >= 11 is 0. The van der Waals surface area contributed by atoms with Crippen molar-refractivity contribution in [3.8, 4) is 11.5 Å². The summed E-state index contributed by atoms with van der Waals surface area (Å²) in [7, 11) is 1.51. The van der Waals surface area contributed by atoms with Crippen LogP contribution in [0.5, 0.6) is 11.5 Å². The zero-order chi connectivity index (χ0) is 23.8. The summed E-state index contributed by atoms with van der Waals surface area (Å²) in [5.74, 6) is 1.88. The van der Waals surface area contributed by atoms with Crippen molar-refractivity contribution in [2.75, 3.05) is 35.8 Å². The van der Waals surface area contributed by atoms with E-state index in [0.717, 1.165) is 37.2 Å². The Bertz CT molecular complexity index is 1150. The lowest BCUT2D eigenvalue weighted by molar-refractivity contribution is 0.371. The number of ether oxygens (including phenoxy) is 1. The van der Waals surface area contributed by atoms with Crippen molar-refractivity contribution in [3.05, 3.63) is 66.2 Å². The lowest BCUT2D eigenvalue weighted by Crippen LogP contribution is -2.31. The van der Waals surface area contributed by atoms with Crippen molar-refractivity contribution >= 4 is 29.7 Å². The van der Waals surface area contributed by atoms with E-state index in [9.17, 15) is 5.11 Å². The van der Waals surface area contributed by atoms with Crippen LogP contribution in [0.25, 0.3) is 0 Å². The van der Waals surface area contributed by atoms with Crippen LogP contribution in [0.2, 0.25) is 0 Å². The Morgan fingerprint density at radius 1 is 1.09 bits per heavy atom. The fourth-order valence-corrected chi connectivity index (χ4v) is 3.75. The number of phenols is 1. The Hall–Kier alpha value is -4.14. The number of hydrogen-bond acceptors (Lipinski definition) is 9. The van der Waals surface area contributed by atoms with E-state index in [2.05, 4.69) is 42.3 Å². The molecule has 1 saturated heterocycles. The van der Waals surface area contributed by atoms with Crippen molar-refractivity contribution in [2.45, 2.75) is 25.7 Å². The van der Waals surface area contributed by atoms with E-state index in [1.807, 2.05) is 36.4 Å². The number of benzene rings is 2. The maximum Gasteiger partial charge on any atom is 0.250 e. The van der Waals surface area contributed by atoms with Crippen LogP contribution >= 0.6 is 0 Å². The van der Waals surface area contributed by atoms with E-state index < -0.39 is 0 Å². The fourth-order valence-electron chi connectivity index (χ4n) is 3.75. The third-order valence-corrected chi connectivity index (χ3v) is 5.43. The summed E-state index contributed by atoms with van der Waals surface area (Å²) in [6.07, 6.45) is 7.31. The van der Waals surface area contributed by atoms with E-state index in [1.54, 1.807) is 18.4 Å². The number of nitrogens with one attached hydrogen (secondary N) is 2. The molecule has 2 heterocycles. The van der Waals surface area contributed by atoms with E-state index in [0.29, 0.717) is 35.6 Å². The van der Waals surface area contributed by atoms with Crippen LogP contribution in [0.15, 0.2) is 60.2 Å². The Kier molecular flexibility index (Phi) is 7.54. The minimum atomic E-state index is 0.104. The summed E-state index contributed by atoms with van der Waals surface area (Å²) in [5, 5.41) is 17.8. The molecule has 0 saturated carbocycles. The number of hydrogen-bond donors (Lipinski definition) is 3. The number of anilines is 4. The molecule has 3 aromatic rings. The topological polar surface area (TPSA) is 108 Å². The van der Waals surface area contributed by atoms with Gasteiger partial charge in [-0.1, -0.05) is 24.3 Å². The lowest BCUT2D eigenvalue weighted by atomic mass is 10.1. The zero-order valence-corrected chi connectivity index (χ0v) is 19.2. The first-order valence-corrected chi connectivity index (χ1v) is 11.3. The highest BCUT2D eigenvalue weighted by Crippen LogP contribution is 2.31. The van der Waals surface area contributed by atoms with Crippen LogP contribution in [-0.4, -0.2) is 46.5 Å². The second-order valence-corrected chi connectivity index (χ2v) is 7.92. The number of hydrazone groups is 1. The van der Waals surface area contributed by atoms with E-state index >= 15 is 0 Å². The van der Waals surface area contributed by atoms with Crippen LogP contribution in [0.1, 0.15) is 30.4 Å². The number of aromatic nitrogens is 3. The highest BCUT2D eigenvalue weighted by molar-refractivity contribution is 5.82. The van der Waals surface area contributed by atoms with Gasteiger partial charge in [0.25, 0.3) is 0 Å². The normalized spacial score (nSPS) is 13.6. The highest BCUT2D eigenvalue weighted by atomic mass is 16.5. The molecule has 1 aliphatic heterocycles. The monoisotopic (exact) mass is 459 g/mol. The van der Waals surface area contributed by atoms with Gasteiger partial charge >= 0.3 is 0 Å². The molecule has 0 amide bonds. The van der Waals surface area contributed by atoms with Gasteiger partial charge in [0, 0.05) is 24.3 Å². The fraction of sp³-hybridized carbons (Fsp3) is 0.280. The van der Waals surface area contributed by atoms with Gasteiger partial charge in [-0.15, -0.1) is 6.58 Å². The largest absolute Gasteiger partial charge is 0.504 e. The van der Waals surface area contributed by atoms with Gasteiger partial charge in [-0.2, -0.15) is 20.1 Å². The Balaban J connectivity index is 1.58. The number of rotatable bonds is 9. The van der Waals surface area contributed by atoms with E-state index in [-0.39, 0.29) is 5.75 Å². The minimum absolute atomic E-state index is 0.104. The molecule has 176 valence electrons. The van der Waals surface area contributed by atoms with Gasteiger partial charge in [-0.3, -0.25) is 0 Å². The van der Waals surface area contributed by atoms with Crippen molar-refractivity contribution in [2.24, 2.45) is 5.10 Å². The molecule has 0 aliphatic carbocycles. The number of para-hydroxylation sites is 1. The molecule has 9 heteroatoms. The van der Waals surface area contributed by atoms with Crippen molar-refractivity contribution in [1.29, 1.82) is 0 Å². The number of aromatic hydroxyl groups is 1. The molecule has 2 aromatic carbocycles. The first-order chi connectivity index (χ1) is 16.7. The number of piperidine rings is 1. The molecule has 0 atom stereocenters. The molecule has 1 aromatic heterocycles. The SMILES string of the molecule is C=CCc1cc(/C=N/Nc2nc(Nc3ccccc3)nc(N3CCCCC3)n2)cc(OC)c1O. The quantitative estimate of drug-likeness (QED) is 0.244. The van der Waals surface area contributed by atoms with Crippen molar-refractivity contribution in [1.82, 2.24) is 15.0 Å². The van der Waals surface area contributed by atoms with Gasteiger partial charge < -0.3 is 20.1 Å². The van der Waals surface area contributed by atoms with Gasteiger partial charge in [0.05, 0.1) is 13.3 Å². The predicted molar refractivity (Wildman–Crippen MR) is 135 cm³/mol. The number of phenolic OH excluding ortho intramolecular Hbond substituents is 1. The summed E-state index contributed by atoms with van der Waals surface area (Å²) in [4.78, 5) is 15.9. The molecule has 1 fully saturated rings. The Morgan fingerprint density at radius 2 is 1.85 bits per heavy atom. The van der Waals surface area contributed by atoms with Crippen molar-refractivity contribution in [3.63, 3.8) is 0 Å². The second kappa shape index (κ2) is 11.1. The van der Waals surface area contributed by atoms with Gasteiger partial charge in [-0.25, -0.2) is 5.43 Å². The maximum absolute atomic E-state index is 10.3. The molecule has 0 unspecified atom stereocenters. The standard InChI is InChI=1S/C25H29N7O2/c1-3-10-19-15-18(16-21(34-2)22(19)33)17-26-31-24-28-23(27-20-11-6-4-7-12-20)29-25(30-24)32-13-8-5-9-14-32/h3-4,6-7,11-12,15-17,33H,1,5,8-10,13-14H2,2H3,(H2,27,28,29,30,31)/b26-17+. The molecule has 0 spiro atoms. The zero-order valence-electron chi connectivity index (χ0n) is 19.2. The molecule has 4 rings (SSSR count). The van der Waals surface area contributed by atoms with Crippen molar-refractivity contribution < 1.29 is 9.84 Å². The van der Waals surface area contributed by atoms with Crippen LogP contribution in [0, 0.1) is 0 Å². The molecule has 9 nitrogen and oxygen atoms in total. The van der Waals surface area contributed by atoms with Crippen LogP contribution in [-0.2, 0) is 6.42 Å². The van der Waals surface area contributed by atoms with Gasteiger partial charge in [0.15, 0.2) is 11.5 Å². The third-order valence-electron chi connectivity index (χ3n) is 5.43. The van der Waals surface area contributed by atoms with Gasteiger partial charge in [-0.05, 0) is 55.5 Å².